The van der Waals surface area contributed by atoms with Crippen molar-refractivity contribution in [1.29, 1.82) is 5.26 Å². The Hall–Kier alpha value is -1.24. The zero-order valence-electron chi connectivity index (χ0n) is 11.8. The van der Waals surface area contributed by atoms with E-state index >= 15 is 0 Å². The SMILES string of the molecule is N#CC1(NC(=O)c2cc(Cl)ccc2Cl)CCCCCCC1. The number of rotatable bonds is 2. The normalized spacial score (nSPS) is 18.1. The molecule has 0 bridgehead atoms. The molecule has 0 heterocycles. The van der Waals surface area contributed by atoms with Crippen LogP contribution in [0.2, 0.25) is 10.0 Å². The lowest BCUT2D eigenvalue weighted by Gasteiger charge is -2.29. The van der Waals surface area contributed by atoms with Crippen LogP contribution in [-0.4, -0.2) is 11.4 Å². The predicted molar refractivity (Wildman–Crippen MR) is 84.6 cm³/mol. The molecule has 0 aliphatic heterocycles. The van der Waals surface area contributed by atoms with E-state index in [1.54, 1.807) is 12.1 Å². The maximum absolute atomic E-state index is 12.4. The Morgan fingerprint density at radius 3 is 2.38 bits per heavy atom. The number of halogens is 2. The molecule has 1 fully saturated rings. The van der Waals surface area contributed by atoms with Crippen LogP contribution in [0.25, 0.3) is 0 Å². The van der Waals surface area contributed by atoms with Crippen molar-refractivity contribution >= 4 is 29.1 Å². The molecule has 0 atom stereocenters. The largest absolute Gasteiger partial charge is 0.334 e. The minimum atomic E-state index is -0.789. The van der Waals surface area contributed by atoms with Gasteiger partial charge in [-0.3, -0.25) is 4.79 Å². The highest BCUT2D eigenvalue weighted by molar-refractivity contribution is 6.35. The fraction of sp³-hybridized carbons (Fsp3) is 0.500. The molecule has 1 amide bonds. The van der Waals surface area contributed by atoms with Crippen LogP contribution in [0.3, 0.4) is 0 Å². The second kappa shape index (κ2) is 7.15. The van der Waals surface area contributed by atoms with Gasteiger partial charge in [0.05, 0.1) is 16.7 Å². The highest BCUT2D eigenvalue weighted by atomic mass is 35.5. The minimum Gasteiger partial charge on any atom is -0.334 e. The monoisotopic (exact) mass is 324 g/mol. The van der Waals surface area contributed by atoms with Crippen molar-refractivity contribution in [1.82, 2.24) is 5.32 Å². The second-order valence-corrected chi connectivity index (χ2v) is 6.38. The number of nitriles is 1. The van der Waals surface area contributed by atoms with E-state index in [0.717, 1.165) is 25.7 Å². The summed E-state index contributed by atoms with van der Waals surface area (Å²) in [6.45, 7) is 0. The Labute approximate surface area is 135 Å². The maximum Gasteiger partial charge on any atom is 0.254 e. The predicted octanol–water partition coefficient (Wildman–Crippen LogP) is 4.73. The van der Waals surface area contributed by atoms with Crippen molar-refractivity contribution < 1.29 is 4.79 Å². The summed E-state index contributed by atoms with van der Waals surface area (Å²) in [7, 11) is 0. The molecular formula is C16H18Cl2N2O. The molecule has 0 aromatic heterocycles. The second-order valence-electron chi connectivity index (χ2n) is 5.54. The van der Waals surface area contributed by atoms with Gasteiger partial charge in [-0.25, -0.2) is 0 Å². The number of hydrogen-bond donors (Lipinski definition) is 1. The molecule has 1 saturated carbocycles. The number of amides is 1. The average Bonchev–Trinajstić information content (AvgIpc) is 2.44. The average molecular weight is 325 g/mol. The van der Waals surface area contributed by atoms with Gasteiger partial charge in [0.15, 0.2) is 0 Å². The van der Waals surface area contributed by atoms with Crippen molar-refractivity contribution in [3.8, 4) is 6.07 Å². The van der Waals surface area contributed by atoms with Gasteiger partial charge in [-0.2, -0.15) is 5.26 Å². The standard InChI is InChI=1S/C16H18Cl2N2O/c17-12-6-7-14(18)13(10-12)15(21)20-16(11-19)8-4-2-1-3-5-9-16/h6-7,10H,1-5,8-9H2,(H,20,21). The minimum absolute atomic E-state index is 0.320. The smallest absolute Gasteiger partial charge is 0.254 e. The van der Waals surface area contributed by atoms with E-state index in [9.17, 15) is 10.1 Å². The number of benzene rings is 1. The zero-order chi connectivity index (χ0) is 15.3. The van der Waals surface area contributed by atoms with Gasteiger partial charge in [-0.05, 0) is 31.0 Å². The first-order valence-electron chi connectivity index (χ1n) is 7.25. The summed E-state index contributed by atoms with van der Waals surface area (Å²) in [5.41, 5.74) is -0.468. The van der Waals surface area contributed by atoms with Gasteiger partial charge in [-0.1, -0.05) is 55.3 Å². The summed E-state index contributed by atoms with van der Waals surface area (Å²) in [5.74, 6) is -0.329. The van der Waals surface area contributed by atoms with Gasteiger partial charge in [-0.15, -0.1) is 0 Å². The van der Waals surface area contributed by atoms with Crippen LogP contribution in [0.15, 0.2) is 18.2 Å². The van der Waals surface area contributed by atoms with E-state index in [2.05, 4.69) is 11.4 Å². The molecule has 0 unspecified atom stereocenters. The van der Waals surface area contributed by atoms with Gasteiger partial charge in [0, 0.05) is 5.02 Å². The lowest BCUT2D eigenvalue weighted by molar-refractivity contribution is 0.0908. The topological polar surface area (TPSA) is 52.9 Å². The van der Waals surface area contributed by atoms with Crippen molar-refractivity contribution in [2.45, 2.75) is 50.5 Å². The molecule has 1 aliphatic rings. The van der Waals surface area contributed by atoms with E-state index in [4.69, 9.17) is 23.2 Å². The first-order chi connectivity index (χ1) is 10.1. The van der Waals surface area contributed by atoms with Crippen LogP contribution in [-0.2, 0) is 0 Å². The number of carbonyl (C=O) groups is 1. The molecule has 21 heavy (non-hydrogen) atoms. The molecule has 1 aromatic carbocycles. The molecule has 1 N–H and O–H groups in total. The molecule has 0 radical (unpaired) electrons. The van der Waals surface area contributed by atoms with Crippen molar-refractivity contribution in [2.24, 2.45) is 0 Å². The highest BCUT2D eigenvalue weighted by Crippen LogP contribution is 2.27. The third kappa shape index (κ3) is 4.12. The summed E-state index contributed by atoms with van der Waals surface area (Å²) < 4.78 is 0. The third-order valence-corrected chi connectivity index (χ3v) is 4.51. The van der Waals surface area contributed by atoms with E-state index < -0.39 is 5.54 Å². The van der Waals surface area contributed by atoms with Crippen LogP contribution in [0.5, 0.6) is 0 Å². The lowest BCUT2D eigenvalue weighted by atomic mass is 9.85. The number of nitrogens with one attached hydrogen (secondary N) is 1. The Kier molecular flexibility index (Phi) is 5.50. The lowest BCUT2D eigenvalue weighted by Crippen LogP contribution is -2.47. The molecule has 0 spiro atoms. The van der Waals surface area contributed by atoms with Gasteiger partial charge in [0.25, 0.3) is 5.91 Å². The van der Waals surface area contributed by atoms with Crippen molar-refractivity contribution in [3.63, 3.8) is 0 Å². The van der Waals surface area contributed by atoms with Gasteiger partial charge < -0.3 is 5.32 Å². The maximum atomic E-state index is 12.4. The highest BCUT2D eigenvalue weighted by Gasteiger charge is 2.32. The molecular weight excluding hydrogens is 307 g/mol. The summed E-state index contributed by atoms with van der Waals surface area (Å²) in [6.07, 6.45) is 6.71. The zero-order valence-corrected chi connectivity index (χ0v) is 13.3. The first-order valence-corrected chi connectivity index (χ1v) is 8.01. The van der Waals surface area contributed by atoms with Crippen LogP contribution in [0.4, 0.5) is 0 Å². The number of nitrogens with zero attached hydrogens (tertiary/aromatic N) is 1. The molecule has 2 rings (SSSR count). The molecule has 1 aliphatic carbocycles. The van der Waals surface area contributed by atoms with Crippen LogP contribution in [0, 0.1) is 11.3 Å². The van der Waals surface area contributed by atoms with E-state index in [1.165, 1.54) is 12.5 Å². The van der Waals surface area contributed by atoms with E-state index in [-0.39, 0.29) is 5.91 Å². The Balaban J connectivity index is 2.18. The molecule has 1 aromatic rings. The number of hydrogen-bond acceptors (Lipinski definition) is 2. The van der Waals surface area contributed by atoms with Crippen LogP contribution >= 0.6 is 23.2 Å². The third-order valence-electron chi connectivity index (χ3n) is 3.95. The van der Waals surface area contributed by atoms with Gasteiger partial charge in [0.2, 0.25) is 0 Å². The summed E-state index contributed by atoms with van der Waals surface area (Å²) in [5, 5.41) is 13.2. The van der Waals surface area contributed by atoms with E-state index in [0.29, 0.717) is 28.5 Å². The summed E-state index contributed by atoms with van der Waals surface area (Å²) in [6, 6.07) is 7.08. The molecule has 3 nitrogen and oxygen atoms in total. The van der Waals surface area contributed by atoms with E-state index in [1.807, 2.05) is 0 Å². The Morgan fingerprint density at radius 2 is 1.76 bits per heavy atom. The fourth-order valence-corrected chi connectivity index (χ4v) is 3.11. The van der Waals surface area contributed by atoms with Crippen LogP contribution in [0.1, 0.15) is 55.3 Å². The van der Waals surface area contributed by atoms with Gasteiger partial charge >= 0.3 is 0 Å². The Bertz CT molecular complexity index is 558. The van der Waals surface area contributed by atoms with Crippen LogP contribution < -0.4 is 5.32 Å². The van der Waals surface area contributed by atoms with Gasteiger partial charge in [0.1, 0.15) is 5.54 Å². The molecule has 5 heteroatoms. The molecule has 112 valence electrons. The fourth-order valence-electron chi connectivity index (χ4n) is 2.73. The number of carbonyl (C=O) groups excluding carboxylic acids is 1. The summed E-state index contributed by atoms with van der Waals surface area (Å²) >= 11 is 12.0. The van der Waals surface area contributed by atoms with Crippen molar-refractivity contribution in [3.05, 3.63) is 33.8 Å². The first kappa shape index (κ1) is 16.1. The quantitative estimate of drug-likeness (QED) is 0.854. The van der Waals surface area contributed by atoms with Crippen molar-refractivity contribution in [2.75, 3.05) is 0 Å². The summed E-state index contributed by atoms with van der Waals surface area (Å²) in [4.78, 5) is 12.4. The Morgan fingerprint density at radius 1 is 1.14 bits per heavy atom. The molecule has 0 saturated heterocycles.